The highest BCUT2D eigenvalue weighted by Crippen LogP contribution is 2.28. The van der Waals surface area contributed by atoms with Gasteiger partial charge in [0.1, 0.15) is 17.8 Å². The topological polar surface area (TPSA) is 108 Å². The van der Waals surface area contributed by atoms with Crippen LogP contribution >= 0.6 is 0 Å². The van der Waals surface area contributed by atoms with Gasteiger partial charge in [-0.15, -0.1) is 0 Å². The Kier molecular flexibility index (Phi) is 5.33. The summed E-state index contributed by atoms with van der Waals surface area (Å²) in [4.78, 5) is 32.9. The molecule has 1 aromatic carbocycles. The summed E-state index contributed by atoms with van der Waals surface area (Å²) >= 11 is 0. The van der Waals surface area contributed by atoms with Gasteiger partial charge in [-0.05, 0) is 24.5 Å². The number of ether oxygens (including phenoxy) is 1. The number of pyridine rings is 1. The maximum Gasteiger partial charge on any atom is 0.410 e. The van der Waals surface area contributed by atoms with Crippen LogP contribution in [0.5, 0.6) is 0 Å². The van der Waals surface area contributed by atoms with Gasteiger partial charge in [0, 0.05) is 36.9 Å². The molecule has 0 saturated carbocycles. The molecule has 150 valence electrons. The number of nitrogens with one attached hydrogen (secondary N) is 2. The number of rotatable bonds is 5. The molecule has 0 aliphatic carbocycles. The minimum Gasteiger partial charge on any atom is -0.478 e. The van der Waals surface area contributed by atoms with E-state index in [0.717, 1.165) is 18.4 Å². The molecule has 1 amide bonds. The standard InChI is InChI=1S/C21H22N4O4/c26-20(27)17-11-23-19-16(8-9-22-19)18(17)24-15-7-4-10-25(12-15)21(28)29-13-14-5-2-1-3-6-14/h1-3,5-6,8-9,11,15H,4,7,10,12-13H2,(H,26,27)(H2,22,23,24)/t15-/m1/s1. The van der Waals surface area contributed by atoms with Crippen LogP contribution in [-0.4, -0.2) is 51.2 Å². The molecule has 29 heavy (non-hydrogen) atoms. The maximum atomic E-state index is 12.5. The maximum absolute atomic E-state index is 12.5. The minimum atomic E-state index is -1.04. The number of aromatic carboxylic acids is 1. The van der Waals surface area contributed by atoms with Crippen LogP contribution in [0.3, 0.4) is 0 Å². The summed E-state index contributed by atoms with van der Waals surface area (Å²) in [6.07, 6.45) is 4.35. The summed E-state index contributed by atoms with van der Waals surface area (Å²) in [5, 5.41) is 13.6. The summed E-state index contributed by atoms with van der Waals surface area (Å²) in [7, 11) is 0. The Balaban J connectivity index is 1.44. The Morgan fingerprint density at radius 2 is 2.10 bits per heavy atom. The van der Waals surface area contributed by atoms with Gasteiger partial charge in [-0.2, -0.15) is 0 Å². The average molecular weight is 394 g/mol. The van der Waals surface area contributed by atoms with Crippen molar-refractivity contribution in [1.29, 1.82) is 0 Å². The fourth-order valence-corrected chi connectivity index (χ4v) is 3.60. The number of nitrogens with zero attached hydrogens (tertiary/aromatic N) is 2. The van der Waals surface area contributed by atoms with Crippen molar-refractivity contribution < 1.29 is 19.4 Å². The first-order valence-corrected chi connectivity index (χ1v) is 9.53. The Bertz CT molecular complexity index is 1020. The predicted octanol–water partition coefficient (Wildman–Crippen LogP) is 3.47. The number of carboxylic acid groups (broad SMARTS) is 1. The number of piperidine rings is 1. The molecule has 1 fully saturated rings. The molecule has 1 atom stereocenters. The number of carbonyl (C=O) groups is 2. The van der Waals surface area contributed by atoms with E-state index in [1.165, 1.54) is 6.20 Å². The number of carbonyl (C=O) groups excluding carboxylic acids is 1. The number of carboxylic acids is 1. The largest absolute Gasteiger partial charge is 0.478 e. The lowest BCUT2D eigenvalue weighted by Gasteiger charge is -2.33. The number of aromatic nitrogens is 2. The molecule has 3 aromatic rings. The van der Waals surface area contributed by atoms with Crippen LogP contribution in [0.2, 0.25) is 0 Å². The number of likely N-dealkylation sites (tertiary alicyclic amines) is 1. The van der Waals surface area contributed by atoms with E-state index >= 15 is 0 Å². The number of amides is 1. The molecule has 0 unspecified atom stereocenters. The fraction of sp³-hybridized carbons (Fsp3) is 0.286. The lowest BCUT2D eigenvalue weighted by Crippen LogP contribution is -2.45. The third-order valence-corrected chi connectivity index (χ3v) is 5.05. The summed E-state index contributed by atoms with van der Waals surface area (Å²) in [5.74, 6) is -1.04. The number of benzene rings is 1. The van der Waals surface area contributed by atoms with Crippen LogP contribution < -0.4 is 5.32 Å². The second kappa shape index (κ2) is 8.22. The van der Waals surface area contributed by atoms with Gasteiger partial charge in [0.2, 0.25) is 0 Å². The first-order chi connectivity index (χ1) is 14.1. The highest BCUT2D eigenvalue weighted by Gasteiger charge is 2.26. The van der Waals surface area contributed by atoms with Crippen LogP contribution in [0.1, 0.15) is 28.8 Å². The van der Waals surface area contributed by atoms with Crippen LogP contribution in [0, 0.1) is 0 Å². The van der Waals surface area contributed by atoms with Crippen LogP contribution in [-0.2, 0) is 11.3 Å². The molecule has 1 saturated heterocycles. The van der Waals surface area contributed by atoms with Crippen molar-refractivity contribution in [3.8, 4) is 0 Å². The van der Waals surface area contributed by atoms with Gasteiger partial charge in [-0.3, -0.25) is 0 Å². The van der Waals surface area contributed by atoms with E-state index in [1.54, 1.807) is 17.2 Å². The fourth-order valence-electron chi connectivity index (χ4n) is 3.60. The van der Waals surface area contributed by atoms with E-state index in [9.17, 15) is 14.7 Å². The zero-order valence-electron chi connectivity index (χ0n) is 15.8. The predicted molar refractivity (Wildman–Crippen MR) is 108 cm³/mol. The van der Waals surface area contributed by atoms with E-state index < -0.39 is 5.97 Å². The van der Waals surface area contributed by atoms with E-state index in [2.05, 4.69) is 15.3 Å². The summed E-state index contributed by atoms with van der Waals surface area (Å²) in [6.45, 7) is 1.29. The molecule has 2 aromatic heterocycles. The van der Waals surface area contributed by atoms with E-state index in [1.807, 2.05) is 30.3 Å². The molecule has 0 spiro atoms. The monoisotopic (exact) mass is 394 g/mol. The van der Waals surface area contributed by atoms with Gasteiger partial charge in [-0.25, -0.2) is 14.6 Å². The Labute approximate surface area is 167 Å². The van der Waals surface area contributed by atoms with Crippen molar-refractivity contribution in [2.45, 2.75) is 25.5 Å². The second-order valence-corrected chi connectivity index (χ2v) is 7.06. The molecule has 4 rings (SSSR count). The number of hydrogen-bond donors (Lipinski definition) is 3. The Hall–Kier alpha value is -3.55. The van der Waals surface area contributed by atoms with Crippen molar-refractivity contribution >= 4 is 28.8 Å². The van der Waals surface area contributed by atoms with Crippen molar-refractivity contribution in [1.82, 2.24) is 14.9 Å². The lowest BCUT2D eigenvalue weighted by atomic mass is 10.0. The Morgan fingerprint density at radius 1 is 1.28 bits per heavy atom. The van der Waals surface area contributed by atoms with Gasteiger partial charge in [-0.1, -0.05) is 30.3 Å². The number of hydrogen-bond acceptors (Lipinski definition) is 5. The molecular formula is C21H22N4O4. The minimum absolute atomic E-state index is 0.0772. The quantitative estimate of drug-likeness (QED) is 0.612. The zero-order valence-corrected chi connectivity index (χ0v) is 15.8. The Morgan fingerprint density at radius 3 is 2.90 bits per heavy atom. The van der Waals surface area contributed by atoms with Gasteiger partial charge < -0.3 is 25.0 Å². The van der Waals surface area contributed by atoms with E-state index in [0.29, 0.717) is 29.8 Å². The van der Waals surface area contributed by atoms with Crippen molar-refractivity contribution in [2.24, 2.45) is 0 Å². The zero-order chi connectivity index (χ0) is 20.2. The first-order valence-electron chi connectivity index (χ1n) is 9.53. The highest BCUT2D eigenvalue weighted by molar-refractivity contribution is 6.03. The first kappa shape index (κ1) is 18.8. The summed E-state index contributed by atoms with van der Waals surface area (Å²) in [5.41, 5.74) is 2.19. The molecule has 8 heteroatoms. The molecule has 3 N–H and O–H groups in total. The van der Waals surface area contributed by atoms with E-state index in [4.69, 9.17) is 4.74 Å². The third-order valence-electron chi connectivity index (χ3n) is 5.05. The van der Waals surface area contributed by atoms with Gasteiger partial charge in [0.25, 0.3) is 0 Å². The van der Waals surface area contributed by atoms with Gasteiger partial charge in [0.15, 0.2) is 0 Å². The summed E-state index contributed by atoms with van der Waals surface area (Å²) in [6, 6.07) is 11.3. The smallest absolute Gasteiger partial charge is 0.410 e. The number of H-pyrrole nitrogens is 1. The number of aromatic amines is 1. The van der Waals surface area contributed by atoms with E-state index in [-0.39, 0.29) is 24.3 Å². The lowest BCUT2D eigenvalue weighted by molar-refractivity contribution is 0.0696. The van der Waals surface area contributed by atoms with Crippen molar-refractivity contribution in [2.75, 3.05) is 18.4 Å². The second-order valence-electron chi connectivity index (χ2n) is 7.06. The van der Waals surface area contributed by atoms with Gasteiger partial charge >= 0.3 is 12.1 Å². The molecule has 0 bridgehead atoms. The average Bonchev–Trinajstić information content (AvgIpc) is 3.22. The van der Waals surface area contributed by atoms with Crippen LogP contribution in [0.4, 0.5) is 10.5 Å². The van der Waals surface area contributed by atoms with Crippen molar-refractivity contribution in [3.63, 3.8) is 0 Å². The molecular weight excluding hydrogens is 372 g/mol. The summed E-state index contributed by atoms with van der Waals surface area (Å²) < 4.78 is 5.44. The normalized spacial score (nSPS) is 16.6. The molecule has 8 nitrogen and oxygen atoms in total. The van der Waals surface area contributed by atoms with Crippen molar-refractivity contribution in [3.05, 3.63) is 59.9 Å². The molecule has 0 radical (unpaired) electrons. The van der Waals surface area contributed by atoms with Crippen LogP contribution in [0.25, 0.3) is 11.0 Å². The molecule has 1 aliphatic heterocycles. The van der Waals surface area contributed by atoms with Gasteiger partial charge in [0.05, 0.1) is 5.69 Å². The third kappa shape index (κ3) is 4.16. The van der Waals surface area contributed by atoms with Crippen LogP contribution in [0.15, 0.2) is 48.8 Å². The number of anilines is 1. The number of fused-ring (bicyclic) bond motifs is 1. The molecule has 3 heterocycles. The highest BCUT2D eigenvalue weighted by atomic mass is 16.6. The SMILES string of the molecule is O=C(O)c1cnc2[nH]ccc2c1N[C@@H]1CCCN(C(=O)OCc2ccccc2)C1. The molecule has 1 aliphatic rings.